The molecule has 0 radical (unpaired) electrons. The van der Waals surface area contributed by atoms with Crippen LogP contribution in [0, 0.1) is 0 Å². The van der Waals surface area contributed by atoms with Crippen LogP contribution in [0.1, 0.15) is 43.0 Å². The van der Waals surface area contributed by atoms with Crippen LogP contribution in [0.15, 0.2) is 53.5 Å². The quantitative estimate of drug-likeness (QED) is 0.618. The first-order valence-electron chi connectivity index (χ1n) is 11.5. The van der Waals surface area contributed by atoms with Crippen molar-refractivity contribution in [3.63, 3.8) is 0 Å². The zero-order valence-electron chi connectivity index (χ0n) is 19.1. The molecule has 1 unspecified atom stereocenters. The predicted molar refractivity (Wildman–Crippen MR) is 134 cm³/mol. The summed E-state index contributed by atoms with van der Waals surface area (Å²) in [5.74, 6) is -0.279. The molecule has 8 nitrogen and oxygen atoms in total. The molecule has 1 saturated heterocycles. The number of nitrogens with zero attached hydrogens (tertiary/aromatic N) is 2. The number of carbonyl (C=O) groups excluding carboxylic acids is 3. The SMILES string of the molecule is CCOc1ccccc1NC(=O)c1cccc(NC(=O)CC2SC(N3CCCCC3)=NC2=O)c1. The van der Waals surface area contributed by atoms with Gasteiger partial charge in [0.2, 0.25) is 5.91 Å². The van der Waals surface area contributed by atoms with E-state index in [1.165, 1.54) is 18.2 Å². The Balaban J connectivity index is 1.34. The van der Waals surface area contributed by atoms with E-state index in [1.807, 2.05) is 19.1 Å². The largest absolute Gasteiger partial charge is 0.492 e. The highest BCUT2D eigenvalue weighted by atomic mass is 32.2. The molecule has 0 aliphatic carbocycles. The van der Waals surface area contributed by atoms with Crippen LogP contribution < -0.4 is 15.4 Å². The van der Waals surface area contributed by atoms with E-state index >= 15 is 0 Å². The summed E-state index contributed by atoms with van der Waals surface area (Å²) in [4.78, 5) is 44.0. The molecule has 9 heteroatoms. The Morgan fingerprint density at radius 2 is 1.88 bits per heavy atom. The third-order valence-electron chi connectivity index (χ3n) is 5.57. The topological polar surface area (TPSA) is 100 Å². The summed E-state index contributed by atoms with van der Waals surface area (Å²) in [6.45, 7) is 4.17. The average Bonchev–Trinajstić information content (AvgIpc) is 3.21. The monoisotopic (exact) mass is 480 g/mol. The second-order valence-corrected chi connectivity index (χ2v) is 9.27. The highest BCUT2D eigenvalue weighted by molar-refractivity contribution is 8.15. The second kappa shape index (κ2) is 11.2. The third-order valence-corrected chi connectivity index (χ3v) is 6.78. The third kappa shape index (κ3) is 5.96. The van der Waals surface area contributed by atoms with Crippen LogP contribution in [0.4, 0.5) is 11.4 Å². The van der Waals surface area contributed by atoms with Gasteiger partial charge in [-0.3, -0.25) is 14.4 Å². The molecule has 2 N–H and O–H groups in total. The second-order valence-electron chi connectivity index (χ2n) is 8.10. The van der Waals surface area contributed by atoms with Crippen molar-refractivity contribution in [1.82, 2.24) is 4.90 Å². The number of amidine groups is 1. The van der Waals surface area contributed by atoms with Crippen molar-refractivity contribution in [2.75, 3.05) is 30.3 Å². The number of para-hydroxylation sites is 2. The fourth-order valence-corrected chi connectivity index (χ4v) is 5.01. The number of nitrogens with one attached hydrogen (secondary N) is 2. The molecule has 4 rings (SSSR count). The number of piperidine rings is 1. The number of hydrogen-bond donors (Lipinski definition) is 2. The van der Waals surface area contributed by atoms with Crippen LogP contribution in [0.2, 0.25) is 0 Å². The Morgan fingerprint density at radius 1 is 1.09 bits per heavy atom. The van der Waals surface area contributed by atoms with E-state index in [4.69, 9.17) is 4.74 Å². The number of hydrogen-bond acceptors (Lipinski definition) is 6. The van der Waals surface area contributed by atoms with Crippen molar-refractivity contribution < 1.29 is 19.1 Å². The smallest absolute Gasteiger partial charge is 0.262 e. The standard InChI is InChI=1S/C25H28N4O4S/c1-2-33-20-12-5-4-11-19(20)27-23(31)17-9-8-10-18(15-17)26-22(30)16-21-24(32)28-25(34-21)29-13-6-3-7-14-29/h4-5,8-12,15,21H,2-3,6-7,13-14,16H2,1H3,(H,26,30)(H,27,31). The van der Waals surface area contributed by atoms with Crippen LogP contribution in [0.5, 0.6) is 5.75 Å². The molecular formula is C25H28N4O4S. The maximum atomic E-state index is 12.8. The number of likely N-dealkylation sites (tertiary alicyclic amines) is 1. The van der Waals surface area contributed by atoms with Gasteiger partial charge in [-0.05, 0) is 56.5 Å². The highest BCUT2D eigenvalue weighted by Gasteiger charge is 2.33. The molecule has 2 heterocycles. The molecule has 1 atom stereocenters. The zero-order chi connectivity index (χ0) is 23.9. The maximum absolute atomic E-state index is 12.8. The summed E-state index contributed by atoms with van der Waals surface area (Å²) >= 11 is 1.37. The molecule has 2 aromatic rings. The number of rotatable bonds is 7. The predicted octanol–water partition coefficient (Wildman–Crippen LogP) is 4.15. The lowest BCUT2D eigenvalue weighted by Crippen LogP contribution is -2.33. The van der Waals surface area contributed by atoms with E-state index in [0.717, 1.165) is 31.1 Å². The maximum Gasteiger partial charge on any atom is 0.262 e. The van der Waals surface area contributed by atoms with E-state index in [-0.39, 0.29) is 24.1 Å². The van der Waals surface area contributed by atoms with Gasteiger partial charge in [-0.1, -0.05) is 30.0 Å². The van der Waals surface area contributed by atoms with Crippen molar-refractivity contribution in [2.45, 2.75) is 37.9 Å². The first-order valence-corrected chi connectivity index (χ1v) is 12.4. The van der Waals surface area contributed by atoms with Crippen molar-refractivity contribution >= 4 is 46.0 Å². The van der Waals surface area contributed by atoms with Crippen LogP contribution in [0.25, 0.3) is 0 Å². The number of ether oxygens (including phenoxy) is 1. The Morgan fingerprint density at radius 3 is 2.68 bits per heavy atom. The lowest BCUT2D eigenvalue weighted by atomic mass is 10.1. The Kier molecular flexibility index (Phi) is 7.84. The van der Waals surface area contributed by atoms with Gasteiger partial charge in [0, 0.05) is 30.8 Å². The van der Waals surface area contributed by atoms with E-state index in [1.54, 1.807) is 36.4 Å². The number of benzene rings is 2. The van der Waals surface area contributed by atoms with Gasteiger partial charge in [0.15, 0.2) is 5.17 Å². The molecule has 2 aliphatic rings. The van der Waals surface area contributed by atoms with E-state index in [9.17, 15) is 14.4 Å². The van der Waals surface area contributed by atoms with Gasteiger partial charge in [0.25, 0.3) is 11.8 Å². The Labute approximate surface area is 203 Å². The Bertz CT molecular complexity index is 1100. The molecule has 0 saturated carbocycles. The lowest BCUT2D eigenvalue weighted by molar-refractivity contribution is -0.121. The zero-order valence-corrected chi connectivity index (χ0v) is 19.9. The van der Waals surface area contributed by atoms with E-state index in [0.29, 0.717) is 29.3 Å². The van der Waals surface area contributed by atoms with Gasteiger partial charge in [0.05, 0.1) is 12.3 Å². The van der Waals surface area contributed by atoms with Crippen LogP contribution in [-0.2, 0) is 9.59 Å². The molecule has 2 aliphatic heterocycles. The number of carbonyl (C=O) groups is 3. The summed E-state index contributed by atoms with van der Waals surface area (Å²) < 4.78 is 5.55. The first-order chi connectivity index (χ1) is 16.5. The first kappa shape index (κ1) is 23.8. The average molecular weight is 481 g/mol. The van der Waals surface area contributed by atoms with E-state index in [2.05, 4.69) is 20.5 Å². The van der Waals surface area contributed by atoms with Crippen molar-refractivity contribution in [1.29, 1.82) is 0 Å². The molecule has 0 spiro atoms. The summed E-state index contributed by atoms with van der Waals surface area (Å²) in [6.07, 6.45) is 3.42. The summed E-state index contributed by atoms with van der Waals surface area (Å²) in [7, 11) is 0. The molecule has 1 fully saturated rings. The number of aliphatic imine (C=N–C) groups is 1. The summed E-state index contributed by atoms with van der Waals surface area (Å²) in [6, 6.07) is 13.9. The van der Waals surface area contributed by atoms with Crippen LogP contribution >= 0.6 is 11.8 Å². The molecule has 2 aromatic carbocycles. The Hall–Kier alpha value is -3.33. The number of anilines is 2. The normalized spacial score (nSPS) is 17.8. The molecule has 0 bridgehead atoms. The minimum atomic E-state index is -0.515. The van der Waals surface area contributed by atoms with Gasteiger partial charge >= 0.3 is 0 Å². The van der Waals surface area contributed by atoms with Gasteiger partial charge in [0.1, 0.15) is 11.0 Å². The number of amides is 3. The van der Waals surface area contributed by atoms with E-state index < -0.39 is 5.25 Å². The van der Waals surface area contributed by atoms with Crippen molar-refractivity contribution in [3.8, 4) is 5.75 Å². The highest BCUT2D eigenvalue weighted by Crippen LogP contribution is 2.29. The molecule has 3 amide bonds. The van der Waals surface area contributed by atoms with Gasteiger partial charge in [-0.2, -0.15) is 4.99 Å². The van der Waals surface area contributed by atoms with Crippen LogP contribution in [-0.4, -0.2) is 52.7 Å². The van der Waals surface area contributed by atoms with Crippen LogP contribution in [0.3, 0.4) is 0 Å². The van der Waals surface area contributed by atoms with Gasteiger partial charge in [-0.15, -0.1) is 0 Å². The van der Waals surface area contributed by atoms with Crippen molar-refractivity contribution in [3.05, 3.63) is 54.1 Å². The fourth-order valence-electron chi connectivity index (χ4n) is 3.89. The minimum absolute atomic E-state index is 0.0303. The molecular weight excluding hydrogens is 452 g/mol. The minimum Gasteiger partial charge on any atom is -0.492 e. The fraction of sp³-hybridized carbons (Fsp3) is 0.360. The van der Waals surface area contributed by atoms with Crippen molar-refractivity contribution in [2.24, 2.45) is 4.99 Å². The molecule has 34 heavy (non-hydrogen) atoms. The molecule has 178 valence electrons. The van der Waals surface area contributed by atoms with Gasteiger partial charge < -0.3 is 20.3 Å². The number of thioether (sulfide) groups is 1. The summed E-state index contributed by atoms with van der Waals surface area (Å²) in [5.41, 5.74) is 1.46. The summed E-state index contributed by atoms with van der Waals surface area (Å²) in [5, 5.41) is 5.86. The van der Waals surface area contributed by atoms with Gasteiger partial charge in [-0.25, -0.2) is 0 Å². The lowest BCUT2D eigenvalue weighted by Gasteiger charge is -2.27. The molecule has 0 aromatic heterocycles.